The van der Waals surface area contributed by atoms with Gasteiger partial charge < -0.3 is 19.6 Å². The van der Waals surface area contributed by atoms with Crippen LogP contribution in [0, 0.1) is 6.92 Å². The van der Waals surface area contributed by atoms with Crippen molar-refractivity contribution in [2.45, 2.75) is 19.9 Å². The lowest BCUT2D eigenvalue weighted by Gasteiger charge is -2.14. The van der Waals surface area contributed by atoms with Crippen molar-refractivity contribution in [3.05, 3.63) is 53.5 Å². The molecular formula is C16H17NO5. The van der Waals surface area contributed by atoms with E-state index in [0.717, 1.165) is 11.1 Å². The quantitative estimate of drug-likeness (QED) is 0.856. The molecule has 0 bridgehead atoms. The maximum absolute atomic E-state index is 12.1. The summed E-state index contributed by atoms with van der Waals surface area (Å²) in [6.07, 6.45) is 1.48. The molecule has 0 saturated carbocycles. The number of carbonyl (C=O) groups is 2. The first-order valence-electron chi connectivity index (χ1n) is 6.77. The van der Waals surface area contributed by atoms with Crippen LogP contribution >= 0.6 is 0 Å². The summed E-state index contributed by atoms with van der Waals surface area (Å²) in [7, 11) is 0. The Labute approximate surface area is 127 Å². The Hall–Kier alpha value is -2.76. The van der Waals surface area contributed by atoms with Crippen LogP contribution in [0.4, 0.5) is 0 Å². The predicted octanol–water partition coefficient (Wildman–Crippen LogP) is 2.54. The van der Waals surface area contributed by atoms with Gasteiger partial charge in [0.15, 0.2) is 12.4 Å². The van der Waals surface area contributed by atoms with Crippen LogP contribution in [0.15, 0.2) is 41.0 Å². The Morgan fingerprint density at radius 3 is 2.50 bits per heavy atom. The third kappa shape index (κ3) is 3.88. The van der Waals surface area contributed by atoms with E-state index in [-0.39, 0.29) is 18.6 Å². The summed E-state index contributed by atoms with van der Waals surface area (Å²) >= 11 is 0. The fraction of sp³-hybridized carbons (Fsp3) is 0.250. The van der Waals surface area contributed by atoms with Crippen LogP contribution in [0.25, 0.3) is 0 Å². The topological polar surface area (TPSA) is 88.8 Å². The van der Waals surface area contributed by atoms with E-state index in [1.807, 2.05) is 6.92 Å². The Morgan fingerprint density at radius 2 is 1.95 bits per heavy atom. The summed E-state index contributed by atoms with van der Waals surface area (Å²) < 4.78 is 10.2. The molecule has 0 aliphatic rings. The minimum atomic E-state index is -1.03. The average Bonchev–Trinajstić information content (AvgIpc) is 2.91. The first kappa shape index (κ1) is 15.6. The van der Waals surface area contributed by atoms with Crippen LogP contribution in [0.2, 0.25) is 0 Å². The van der Waals surface area contributed by atoms with E-state index in [1.54, 1.807) is 37.3 Å². The van der Waals surface area contributed by atoms with Crippen molar-refractivity contribution in [1.29, 1.82) is 0 Å². The number of benzene rings is 1. The maximum Gasteiger partial charge on any atom is 0.341 e. The van der Waals surface area contributed by atoms with Crippen LogP contribution in [-0.4, -0.2) is 23.6 Å². The van der Waals surface area contributed by atoms with Crippen LogP contribution in [0.5, 0.6) is 5.75 Å². The molecule has 1 aromatic heterocycles. The Balaban J connectivity index is 1.98. The van der Waals surface area contributed by atoms with Gasteiger partial charge in [-0.25, -0.2) is 4.79 Å². The normalized spacial score (nSPS) is 11.7. The number of furan rings is 1. The van der Waals surface area contributed by atoms with Crippen LogP contribution in [0.1, 0.15) is 34.6 Å². The molecule has 0 saturated heterocycles. The van der Waals surface area contributed by atoms with E-state index >= 15 is 0 Å². The van der Waals surface area contributed by atoms with Crippen molar-refractivity contribution in [3.8, 4) is 5.75 Å². The number of carboxylic acids is 1. The van der Waals surface area contributed by atoms with Crippen molar-refractivity contribution in [3.63, 3.8) is 0 Å². The summed E-state index contributed by atoms with van der Waals surface area (Å²) in [5.74, 6) is -0.542. The second kappa shape index (κ2) is 6.80. The number of aliphatic carboxylic acids is 1. The van der Waals surface area contributed by atoms with E-state index in [4.69, 9.17) is 14.3 Å². The van der Waals surface area contributed by atoms with E-state index in [1.165, 1.54) is 6.26 Å². The van der Waals surface area contributed by atoms with Crippen LogP contribution in [0.3, 0.4) is 0 Å². The lowest BCUT2D eigenvalue weighted by molar-refractivity contribution is -0.139. The fourth-order valence-corrected chi connectivity index (χ4v) is 1.95. The molecule has 2 N–H and O–H groups in total. The van der Waals surface area contributed by atoms with Crippen molar-refractivity contribution < 1.29 is 23.8 Å². The van der Waals surface area contributed by atoms with Gasteiger partial charge in [0.25, 0.3) is 5.91 Å². The van der Waals surface area contributed by atoms with Crippen molar-refractivity contribution in [2.75, 3.05) is 6.61 Å². The van der Waals surface area contributed by atoms with Gasteiger partial charge >= 0.3 is 5.97 Å². The molecule has 1 unspecified atom stereocenters. The lowest BCUT2D eigenvalue weighted by Crippen LogP contribution is -2.26. The highest BCUT2D eigenvalue weighted by molar-refractivity contribution is 5.93. The van der Waals surface area contributed by atoms with Gasteiger partial charge in [0.1, 0.15) is 5.75 Å². The SMILES string of the molecule is Cc1ccoc1C(=O)NC(C)c1ccc(OCC(=O)O)cc1. The second-order valence-electron chi connectivity index (χ2n) is 4.88. The molecule has 0 fully saturated rings. The smallest absolute Gasteiger partial charge is 0.341 e. The van der Waals surface area contributed by atoms with Gasteiger partial charge in [-0.2, -0.15) is 0 Å². The number of nitrogens with one attached hydrogen (secondary N) is 1. The van der Waals surface area contributed by atoms with Crippen LogP contribution in [-0.2, 0) is 4.79 Å². The summed E-state index contributed by atoms with van der Waals surface area (Å²) in [5.41, 5.74) is 1.65. The zero-order chi connectivity index (χ0) is 16.1. The molecule has 1 heterocycles. The number of carboxylic acid groups (broad SMARTS) is 1. The lowest BCUT2D eigenvalue weighted by atomic mass is 10.1. The number of hydrogen-bond donors (Lipinski definition) is 2. The molecule has 116 valence electrons. The largest absolute Gasteiger partial charge is 0.482 e. The first-order valence-corrected chi connectivity index (χ1v) is 6.77. The van der Waals surface area contributed by atoms with Crippen LogP contribution < -0.4 is 10.1 Å². The molecule has 0 aliphatic heterocycles. The molecule has 1 aromatic carbocycles. The molecule has 2 aromatic rings. The summed E-state index contributed by atoms with van der Waals surface area (Å²) in [6.45, 7) is 3.27. The minimum Gasteiger partial charge on any atom is -0.482 e. The number of amides is 1. The second-order valence-corrected chi connectivity index (χ2v) is 4.88. The van der Waals surface area contributed by atoms with E-state index in [9.17, 15) is 9.59 Å². The Morgan fingerprint density at radius 1 is 1.27 bits per heavy atom. The number of rotatable bonds is 6. The van der Waals surface area contributed by atoms with Gasteiger partial charge in [0, 0.05) is 5.56 Å². The van der Waals surface area contributed by atoms with Gasteiger partial charge in [-0.3, -0.25) is 4.79 Å². The molecule has 0 aliphatic carbocycles. The summed E-state index contributed by atoms with van der Waals surface area (Å²) in [4.78, 5) is 22.5. The third-order valence-electron chi connectivity index (χ3n) is 3.16. The molecule has 6 heteroatoms. The first-order chi connectivity index (χ1) is 10.5. The molecule has 0 spiro atoms. The Kier molecular flexibility index (Phi) is 4.83. The minimum absolute atomic E-state index is 0.217. The van der Waals surface area contributed by atoms with Gasteiger partial charge in [-0.05, 0) is 37.6 Å². The molecule has 1 amide bonds. The highest BCUT2D eigenvalue weighted by atomic mass is 16.5. The summed E-state index contributed by atoms with van der Waals surface area (Å²) in [5, 5.41) is 11.4. The molecule has 22 heavy (non-hydrogen) atoms. The standard InChI is InChI=1S/C16H17NO5/c1-10-7-8-21-15(10)16(20)17-11(2)12-3-5-13(6-4-12)22-9-14(18)19/h3-8,11H,9H2,1-2H3,(H,17,20)(H,18,19). The highest BCUT2D eigenvalue weighted by Gasteiger charge is 2.16. The molecular weight excluding hydrogens is 286 g/mol. The average molecular weight is 303 g/mol. The molecule has 2 rings (SSSR count). The van der Waals surface area contributed by atoms with Crippen molar-refractivity contribution in [1.82, 2.24) is 5.32 Å². The van der Waals surface area contributed by atoms with Crippen molar-refractivity contribution >= 4 is 11.9 Å². The number of hydrogen-bond acceptors (Lipinski definition) is 4. The molecule has 1 atom stereocenters. The highest BCUT2D eigenvalue weighted by Crippen LogP contribution is 2.18. The Bertz CT molecular complexity index is 659. The van der Waals surface area contributed by atoms with E-state index < -0.39 is 5.97 Å². The van der Waals surface area contributed by atoms with Crippen molar-refractivity contribution in [2.24, 2.45) is 0 Å². The van der Waals surface area contributed by atoms with E-state index in [2.05, 4.69) is 5.32 Å². The van der Waals surface area contributed by atoms with Gasteiger partial charge in [0.2, 0.25) is 0 Å². The number of carbonyl (C=O) groups excluding carboxylic acids is 1. The number of aryl methyl sites for hydroxylation is 1. The summed E-state index contributed by atoms with van der Waals surface area (Å²) in [6, 6.07) is 8.39. The predicted molar refractivity (Wildman–Crippen MR) is 78.9 cm³/mol. The zero-order valence-electron chi connectivity index (χ0n) is 12.3. The third-order valence-corrected chi connectivity index (χ3v) is 3.16. The maximum atomic E-state index is 12.1. The van der Waals surface area contributed by atoms with Gasteiger partial charge in [0.05, 0.1) is 12.3 Å². The van der Waals surface area contributed by atoms with E-state index in [0.29, 0.717) is 11.5 Å². The monoisotopic (exact) mass is 303 g/mol. The number of ether oxygens (including phenoxy) is 1. The zero-order valence-corrected chi connectivity index (χ0v) is 12.3. The van der Waals surface area contributed by atoms with Gasteiger partial charge in [-0.1, -0.05) is 12.1 Å². The van der Waals surface area contributed by atoms with Gasteiger partial charge in [-0.15, -0.1) is 0 Å². The molecule has 0 radical (unpaired) electrons. The molecule has 6 nitrogen and oxygen atoms in total. The fourth-order valence-electron chi connectivity index (χ4n) is 1.95.